The summed E-state index contributed by atoms with van der Waals surface area (Å²) in [4.78, 5) is 8.34. The molecule has 0 aromatic heterocycles. The minimum absolute atomic E-state index is 0.867. The lowest BCUT2D eigenvalue weighted by Gasteiger charge is -2.47. The van der Waals surface area contributed by atoms with Gasteiger partial charge in [-0.2, -0.15) is 0 Å². The molecule has 1 saturated carbocycles. The molecule has 1 fully saturated rings. The van der Waals surface area contributed by atoms with E-state index in [4.69, 9.17) is 0 Å². The summed E-state index contributed by atoms with van der Waals surface area (Å²) in [5.74, 6) is 0. The van der Waals surface area contributed by atoms with Crippen LogP contribution in [-0.2, 0) is 0 Å². The van der Waals surface area contributed by atoms with Crippen molar-refractivity contribution in [2.75, 3.05) is 13.1 Å². The maximum Gasteiger partial charge on any atom is 0.277 e. The molecule has 1 aliphatic carbocycles. The Morgan fingerprint density at radius 1 is 0.720 bits per heavy atom. The first-order valence-electron chi connectivity index (χ1n) is 11.4. The molecular formula is C20H47N3Si2. The van der Waals surface area contributed by atoms with E-state index in [0.717, 1.165) is 5.54 Å². The van der Waals surface area contributed by atoms with E-state index >= 15 is 0 Å². The van der Waals surface area contributed by atoms with E-state index in [1.807, 2.05) is 0 Å². The topological polar surface area (TPSA) is 36.1 Å². The van der Waals surface area contributed by atoms with E-state index in [-0.39, 0.29) is 0 Å². The molecule has 0 unspecified atom stereocenters. The molecule has 0 aromatic rings. The highest BCUT2D eigenvalue weighted by Crippen LogP contribution is 2.35. The van der Waals surface area contributed by atoms with Gasteiger partial charge in [-0.1, -0.05) is 66.7 Å². The number of hydrogen-bond acceptors (Lipinski definition) is 3. The highest BCUT2D eigenvalue weighted by molar-refractivity contribution is 6.91. The molecule has 0 bridgehead atoms. The Bertz CT molecular complexity index is 311. The fourth-order valence-corrected chi connectivity index (χ4v) is 16.0. The Hall–Kier alpha value is 0.314. The summed E-state index contributed by atoms with van der Waals surface area (Å²) in [5, 5.41) is 0. The SMILES string of the molecule is CCCCN[Si](NCCCC)(N[Si](CC)(CC)CC)C1CCCCC1. The highest BCUT2D eigenvalue weighted by atomic mass is 28.4. The smallest absolute Gasteiger partial charge is 0.277 e. The third kappa shape index (κ3) is 7.09. The molecule has 25 heavy (non-hydrogen) atoms. The molecule has 0 heterocycles. The Kier molecular flexibility index (Phi) is 11.8. The predicted molar refractivity (Wildman–Crippen MR) is 119 cm³/mol. The van der Waals surface area contributed by atoms with Crippen molar-refractivity contribution in [3.05, 3.63) is 0 Å². The van der Waals surface area contributed by atoms with Gasteiger partial charge in [-0.15, -0.1) is 0 Å². The lowest BCUT2D eigenvalue weighted by molar-refractivity contribution is 0.471. The molecule has 5 heteroatoms. The first-order chi connectivity index (χ1) is 12.1. The molecule has 3 N–H and O–H groups in total. The number of rotatable bonds is 14. The second kappa shape index (κ2) is 12.7. The summed E-state index contributed by atoms with van der Waals surface area (Å²) in [6, 6.07) is 4.10. The zero-order chi connectivity index (χ0) is 18.6. The summed E-state index contributed by atoms with van der Waals surface area (Å²) < 4.78 is 4.47. The van der Waals surface area contributed by atoms with Crippen LogP contribution in [0, 0.1) is 0 Å². The molecule has 0 amide bonds. The number of hydrogen-bond donors (Lipinski definition) is 3. The number of nitrogens with one attached hydrogen (secondary N) is 3. The molecule has 0 radical (unpaired) electrons. The van der Waals surface area contributed by atoms with Crippen LogP contribution in [-0.4, -0.2) is 29.9 Å². The molecule has 0 aromatic carbocycles. The van der Waals surface area contributed by atoms with Crippen LogP contribution in [0.25, 0.3) is 0 Å². The van der Waals surface area contributed by atoms with Gasteiger partial charge >= 0.3 is 0 Å². The molecule has 1 aliphatic rings. The van der Waals surface area contributed by atoms with E-state index in [1.165, 1.54) is 89.0 Å². The predicted octanol–water partition coefficient (Wildman–Crippen LogP) is 5.63. The molecule has 0 saturated heterocycles. The summed E-state index contributed by atoms with van der Waals surface area (Å²) in [5.41, 5.74) is 0.867. The Morgan fingerprint density at radius 3 is 1.60 bits per heavy atom. The summed E-state index contributed by atoms with van der Waals surface area (Å²) in [6.07, 6.45) is 12.4. The van der Waals surface area contributed by atoms with E-state index in [0.29, 0.717) is 0 Å². The number of unbranched alkanes of at least 4 members (excludes halogenated alkanes) is 2. The Labute approximate surface area is 160 Å². The van der Waals surface area contributed by atoms with Crippen molar-refractivity contribution in [3.63, 3.8) is 0 Å². The zero-order valence-electron chi connectivity index (χ0n) is 18.0. The van der Waals surface area contributed by atoms with Crippen LogP contribution < -0.4 is 14.6 Å². The van der Waals surface area contributed by atoms with Crippen molar-refractivity contribution in [2.24, 2.45) is 0 Å². The van der Waals surface area contributed by atoms with Gasteiger partial charge in [0, 0.05) is 0 Å². The van der Waals surface area contributed by atoms with Gasteiger partial charge in [-0.05, 0) is 62.4 Å². The monoisotopic (exact) mass is 385 g/mol. The van der Waals surface area contributed by atoms with Gasteiger partial charge in [0.2, 0.25) is 0 Å². The largest absolute Gasteiger partial charge is 0.334 e. The van der Waals surface area contributed by atoms with Crippen molar-refractivity contribution in [1.29, 1.82) is 0 Å². The first kappa shape index (κ1) is 23.4. The molecule has 1 rings (SSSR count). The van der Waals surface area contributed by atoms with Crippen LogP contribution in [0.4, 0.5) is 0 Å². The van der Waals surface area contributed by atoms with Gasteiger partial charge in [0.15, 0.2) is 0 Å². The summed E-state index contributed by atoms with van der Waals surface area (Å²) in [7, 11) is -3.23. The summed E-state index contributed by atoms with van der Waals surface area (Å²) >= 11 is 0. The second-order valence-electron chi connectivity index (χ2n) is 8.17. The maximum atomic E-state index is 4.47. The van der Waals surface area contributed by atoms with Gasteiger partial charge in [0.1, 0.15) is 8.24 Å². The molecule has 150 valence electrons. The highest BCUT2D eigenvalue weighted by Gasteiger charge is 2.47. The van der Waals surface area contributed by atoms with Crippen LogP contribution in [0.5, 0.6) is 0 Å². The average molecular weight is 386 g/mol. The standard InChI is InChI=1S/C20H47N3Si2/c1-6-11-18-21-25(22-19-12-7-2,20-16-14-13-15-17-20)23-24(8-3,9-4)10-5/h20-23H,6-19H2,1-5H3. The average Bonchev–Trinajstić information content (AvgIpc) is 2.67. The fourth-order valence-electron chi connectivity index (χ4n) is 4.44. The van der Waals surface area contributed by atoms with E-state index < -0.39 is 16.8 Å². The van der Waals surface area contributed by atoms with Crippen LogP contribution in [0.15, 0.2) is 0 Å². The quantitative estimate of drug-likeness (QED) is 0.268. The molecule has 0 atom stereocenters. The maximum absolute atomic E-state index is 4.47. The molecule has 0 aliphatic heterocycles. The van der Waals surface area contributed by atoms with Gasteiger partial charge < -0.3 is 14.6 Å². The normalized spacial score (nSPS) is 17.2. The van der Waals surface area contributed by atoms with Gasteiger partial charge in [-0.25, -0.2) is 0 Å². The van der Waals surface area contributed by atoms with Gasteiger partial charge in [0.05, 0.1) is 0 Å². The minimum Gasteiger partial charge on any atom is -0.334 e. The zero-order valence-corrected chi connectivity index (χ0v) is 20.0. The van der Waals surface area contributed by atoms with Crippen molar-refractivity contribution < 1.29 is 0 Å². The van der Waals surface area contributed by atoms with Crippen molar-refractivity contribution >= 4 is 16.8 Å². The molecule has 3 nitrogen and oxygen atoms in total. The Morgan fingerprint density at radius 2 is 1.20 bits per heavy atom. The van der Waals surface area contributed by atoms with E-state index in [9.17, 15) is 0 Å². The van der Waals surface area contributed by atoms with Crippen LogP contribution in [0.1, 0.15) is 92.4 Å². The van der Waals surface area contributed by atoms with Gasteiger partial charge in [-0.3, -0.25) is 0 Å². The van der Waals surface area contributed by atoms with Crippen molar-refractivity contribution in [2.45, 2.75) is 116 Å². The lowest BCUT2D eigenvalue weighted by atomic mass is 10.0. The lowest BCUT2D eigenvalue weighted by Crippen LogP contribution is -2.80. The second-order valence-corrected chi connectivity index (χ2v) is 17.0. The van der Waals surface area contributed by atoms with Gasteiger partial charge in [0.25, 0.3) is 8.56 Å². The fraction of sp³-hybridized carbons (Fsp3) is 1.00. The van der Waals surface area contributed by atoms with Crippen LogP contribution in [0.3, 0.4) is 0 Å². The molecule has 0 spiro atoms. The summed E-state index contributed by atoms with van der Waals surface area (Å²) in [6.45, 7) is 14.3. The van der Waals surface area contributed by atoms with Crippen LogP contribution >= 0.6 is 0 Å². The third-order valence-corrected chi connectivity index (χ3v) is 17.8. The van der Waals surface area contributed by atoms with E-state index in [1.54, 1.807) is 0 Å². The van der Waals surface area contributed by atoms with Crippen molar-refractivity contribution in [3.8, 4) is 0 Å². The minimum atomic E-state index is -1.86. The Balaban J connectivity index is 3.05. The first-order valence-corrected chi connectivity index (χ1v) is 16.1. The van der Waals surface area contributed by atoms with E-state index in [2.05, 4.69) is 49.2 Å². The molecular weight excluding hydrogens is 338 g/mol. The van der Waals surface area contributed by atoms with Crippen molar-refractivity contribution in [1.82, 2.24) is 14.6 Å². The van der Waals surface area contributed by atoms with Crippen LogP contribution in [0.2, 0.25) is 23.7 Å². The third-order valence-electron chi connectivity index (χ3n) is 6.58.